The number of benzene rings is 1. The summed E-state index contributed by atoms with van der Waals surface area (Å²) in [7, 11) is -3.66. The minimum Gasteiger partial charge on any atom is -0.398 e. The molecule has 0 unspecified atom stereocenters. The first-order valence-corrected chi connectivity index (χ1v) is 7.92. The van der Waals surface area contributed by atoms with E-state index in [2.05, 4.69) is 14.7 Å². The van der Waals surface area contributed by atoms with Gasteiger partial charge in [-0.05, 0) is 49.6 Å². The summed E-state index contributed by atoms with van der Waals surface area (Å²) in [5.74, 6) is 0. The third-order valence-corrected chi connectivity index (χ3v) is 5.11. The van der Waals surface area contributed by atoms with E-state index in [1.165, 1.54) is 6.33 Å². The summed E-state index contributed by atoms with van der Waals surface area (Å²) in [6, 6.07) is 3.45. The van der Waals surface area contributed by atoms with Gasteiger partial charge in [0.15, 0.2) is 0 Å². The molecule has 2 aromatic rings. The van der Waals surface area contributed by atoms with Gasteiger partial charge in [0.05, 0.1) is 17.1 Å². The molecule has 0 radical (unpaired) electrons. The van der Waals surface area contributed by atoms with Gasteiger partial charge < -0.3 is 5.73 Å². The van der Waals surface area contributed by atoms with E-state index in [9.17, 15) is 8.42 Å². The van der Waals surface area contributed by atoms with Gasteiger partial charge in [-0.3, -0.25) is 0 Å². The van der Waals surface area contributed by atoms with Gasteiger partial charge in [-0.15, -0.1) is 0 Å². The number of rotatable bonds is 4. The second-order valence-electron chi connectivity index (χ2n) is 4.89. The van der Waals surface area contributed by atoms with Gasteiger partial charge in [0.2, 0.25) is 10.0 Å². The molecule has 0 aliphatic rings. The van der Waals surface area contributed by atoms with E-state index >= 15 is 0 Å². The van der Waals surface area contributed by atoms with E-state index in [4.69, 9.17) is 5.73 Å². The van der Waals surface area contributed by atoms with Crippen LogP contribution in [0, 0.1) is 20.8 Å². The van der Waals surface area contributed by atoms with Gasteiger partial charge in [-0.1, -0.05) is 0 Å². The number of nitrogens with one attached hydrogen (secondary N) is 1. The van der Waals surface area contributed by atoms with Crippen molar-refractivity contribution in [3.05, 3.63) is 47.0 Å². The molecule has 6 nitrogen and oxygen atoms in total. The summed E-state index contributed by atoms with van der Waals surface area (Å²) >= 11 is 0. The first kappa shape index (κ1) is 15.4. The molecule has 0 atom stereocenters. The molecule has 1 aromatic heterocycles. The number of nitrogens with two attached hydrogens (primary N) is 1. The monoisotopic (exact) mass is 306 g/mol. The Balaban J connectivity index is 2.37. The quantitative estimate of drug-likeness (QED) is 0.833. The Morgan fingerprint density at radius 2 is 1.95 bits per heavy atom. The van der Waals surface area contributed by atoms with Crippen LogP contribution in [0.3, 0.4) is 0 Å². The van der Waals surface area contributed by atoms with E-state index in [0.717, 1.165) is 5.56 Å². The lowest BCUT2D eigenvalue weighted by Crippen LogP contribution is -2.26. The Labute approximate surface area is 124 Å². The lowest BCUT2D eigenvalue weighted by molar-refractivity contribution is 0.579. The summed E-state index contributed by atoms with van der Waals surface area (Å²) in [6.45, 7) is 5.44. The zero-order valence-electron chi connectivity index (χ0n) is 12.2. The van der Waals surface area contributed by atoms with Crippen LogP contribution in [0.2, 0.25) is 0 Å². The molecule has 3 N–H and O–H groups in total. The van der Waals surface area contributed by atoms with Gasteiger partial charge in [-0.2, -0.15) is 0 Å². The molecule has 0 fully saturated rings. The lowest BCUT2D eigenvalue weighted by Gasteiger charge is -2.15. The zero-order valence-corrected chi connectivity index (χ0v) is 13.0. The van der Waals surface area contributed by atoms with E-state index < -0.39 is 10.0 Å². The maximum Gasteiger partial charge on any atom is 0.241 e. The average molecular weight is 306 g/mol. The molecule has 0 aliphatic heterocycles. The molecule has 0 amide bonds. The van der Waals surface area contributed by atoms with Crippen molar-refractivity contribution in [3.63, 3.8) is 0 Å². The van der Waals surface area contributed by atoms with Gasteiger partial charge in [-0.25, -0.2) is 23.1 Å². The van der Waals surface area contributed by atoms with Crippen molar-refractivity contribution < 1.29 is 8.42 Å². The molecule has 112 valence electrons. The number of hydrogen-bond acceptors (Lipinski definition) is 5. The minimum absolute atomic E-state index is 0.109. The lowest BCUT2D eigenvalue weighted by atomic mass is 10.1. The Bertz CT molecular complexity index is 732. The Morgan fingerprint density at radius 1 is 1.24 bits per heavy atom. The molecule has 1 aromatic carbocycles. The van der Waals surface area contributed by atoms with Crippen LogP contribution in [-0.4, -0.2) is 18.4 Å². The van der Waals surface area contributed by atoms with E-state index in [1.807, 2.05) is 6.92 Å². The van der Waals surface area contributed by atoms with Crippen LogP contribution in [0.15, 0.2) is 29.6 Å². The summed E-state index contributed by atoms with van der Waals surface area (Å²) in [5.41, 5.74) is 9.07. The third kappa shape index (κ3) is 3.20. The third-order valence-electron chi connectivity index (χ3n) is 3.43. The minimum atomic E-state index is -3.66. The predicted molar refractivity (Wildman–Crippen MR) is 81.1 cm³/mol. The maximum atomic E-state index is 12.5. The number of aromatic nitrogens is 2. The van der Waals surface area contributed by atoms with E-state index in [-0.39, 0.29) is 11.4 Å². The molecule has 0 aliphatic carbocycles. The first-order chi connectivity index (χ1) is 9.83. The smallest absolute Gasteiger partial charge is 0.241 e. The average Bonchev–Trinajstić information content (AvgIpc) is 2.44. The highest BCUT2D eigenvalue weighted by molar-refractivity contribution is 7.89. The normalized spacial score (nSPS) is 11.6. The highest BCUT2D eigenvalue weighted by Gasteiger charge is 2.22. The summed E-state index contributed by atoms with van der Waals surface area (Å²) in [4.78, 5) is 8.03. The molecule has 0 spiro atoms. The Hall–Kier alpha value is -1.99. The number of aryl methyl sites for hydroxylation is 1. The van der Waals surface area contributed by atoms with Gasteiger partial charge >= 0.3 is 0 Å². The van der Waals surface area contributed by atoms with Crippen molar-refractivity contribution in [1.29, 1.82) is 0 Å². The van der Waals surface area contributed by atoms with Crippen LogP contribution >= 0.6 is 0 Å². The fraction of sp³-hybridized carbons (Fsp3) is 0.286. The molecule has 0 bridgehead atoms. The predicted octanol–water partition coefficient (Wildman–Crippen LogP) is 1.46. The Kier molecular flexibility index (Phi) is 4.24. The molecular formula is C14H18N4O2S. The molecule has 0 saturated carbocycles. The number of sulfonamides is 1. The van der Waals surface area contributed by atoms with Crippen LogP contribution in [0.4, 0.5) is 5.69 Å². The number of anilines is 1. The molecule has 0 saturated heterocycles. The van der Waals surface area contributed by atoms with Crippen molar-refractivity contribution >= 4 is 15.7 Å². The summed E-state index contributed by atoms with van der Waals surface area (Å²) in [6.07, 6.45) is 2.95. The summed E-state index contributed by atoms with van der Waals surface area (Å²) in [5, 5.41) is 0. The van der Waals surface area contributed by atoms with Crippen LogP contribution in [0.1, 0.15) is 22.4 Å². The molecule has 7 heteroatoms. The number of hydrogen-bond donors (Lipinski definition) is 2. The van der Waals surface area contributed by atoms with Crippen molar-refractivity contribution in [1.82, 2.24) is 14.7 Å². The van der Waals surface area contributed by atoms with Crippen LogP contribution < -0.4 is 10.5 Å². The molecule has 1 heterocycles. The van der Waals surface area contributed by atoms with Crippen LogP contribution in [0.5, 0.6) is 0 Å². The van der Waals surface area contributed by atoms with Crippen molar-refractivity contribution in [3.8, 4) is 0 Å². The second kappa shape index (κ2) is 5.79. The molecule has 2 rings (SSSR count). The second-order valence-corrected chi connectivity index (χ2v) is 6.59. The van der Waals surface area contributed by atoms with Crippen LogP contribution in [-0.2, 0) is 16.6 Å². The van der Waals surface area contributed by atoms with Crippen molar-refractivity contribution in [2.45, 2.75) is 32.2 Å². The fourth-order valence-corrected chi connectivity index (χ4v) is 3.68. The molecule has 21 heavy (non-hydrogen) atoms. The number of nitrogen functional groups attached to an aromatic ring is 1. The fourth-order valence-electron chi connectivity index (χ4n) is 2.11. The maximum absolute atomic E-state index is 12.5. The van der Waals surface area contributed by atoms with E-state index in [1.54, 1.807) is 32.2 Å². The van der Waals surface area contributed by atoms with Crippen molar-refractivity contribution in [2.75, 3.05) is 5.73 Å². The van der Waals surface area contributed by atoms with Gasteiger partial charge in [0, 0.05) is 11.9 Å². The van der Waals surface area contributed by atoms with Crippen molar-refractivity contribution in [2.24, 2.45) is 0 Å². The number of nitrogens with zero attached hydrogens (tertiary/aromatic N) is 2. The van der Waals surface area contributed by atoms with Crippen LogP contribution in [0.25, 0.3) is 0 Å². The van der Waals surface area contributed by atoms with Gasteiger partial charge in [0.25, 0.3) is 0 Å². The molecular weight excluding hydrogens is 288 g/mol. The first-order valence-electron chi connectivity index (χ1n) is 6.43. The zero-order chi connectivity index (χ0) is 15.6. The van der Waals surface area contributed by atoms with E-state index in [0.29, 0.717) is 22.5 Å². The standard InChI is InChI=1S/C14H18N4O2S/c1-9-6-13(15)11(3)14(10(9)2)21(19,20)18-7-12-4-5-16-8-17-12/h4-6,8,18H,7,15H2,1-3H3. The topological polar surface area (TPSA) is 98.0 Å². The highest BCUT2D eigenvalue weighted by Crippen LogP contribution is 2.27. The highest BCUT2D eigenvalue weighted by atomic mass is 32.2. The summed E-state index contributed by atoms with van der Waals surface area (Å²) < 4.78 is 27.6. The SMILES string of the molecule is Cc1cc(N)c(C)c(S(=O)(=O)NCc2ccncn2)c1C. The largest absolute Gasteiger partial charge is 0.398 e. The Morgan fingerprint density at radius 3 is 2.57 bits per heavy atom. The van der Waals surface area contributed by atoms with Gasteiger partial charge in [0.1, 0.15) is 6.33 Å².